The fraction of sp³-hybridized carbons (Fsp3) is 0.286. The Hall–Kier alpha value is -2.50. The SMILES string of the molecule is COc1ccc(Nc2cc(N3CCN(C)CC3)nc3cc(Cl)ccc23)cc1. The van der Waals surface area contributed by atoms with Crippen LogP contribution in [-0.2, 0) is 0 Å². The predicted molar refractivity (Wildman–Crippen MR) is 113 cm³/mol. The summed E-state index contributed by atoms with van der Waals surface area (Å²) in [5.74, 6) is 1.82. The van der Waals surface area contributed by atoms with Gasteiger partial charge in [0, 0.05) is 48.3 Å². The minimum atomic E-state index is 0.695. The second-order valence-corrected chi connectivity index (χ2v) is 7.27. The molecule has 0 radical (unpaired) electrons. The van der Waals surface area contributed by atoms with E-state index in [2.05, 4.69) is 28.2 Å². The molecule has 0 aliphatic carbocycles. The van der Waals surface area contributed by atoms with Crippen molar-refractivity contribution in [2.24, 2.45) is 0 Å². The van der Waals surface area contributed by atoms with E-state index in [9.17, 15) is 0 Å². The van der Waals surface area contributed by atoms with Crippen LogP contribution in [0.2, 0.25) is 5.02 Å². The minimum Gasteiger partial charge on any atom is -0.497 e. The minimum absolute atomic E-state index is 0.695. The number of methoxy groups -OCH3 is 1. The molecule has 1 aromatic heterocycles. The molecule has 2 heterocycles. The molecule has 4 rings (SSSR count). The number of benzene rings is 2. The van der Waals surface area contributed by atoms with E-state index in [1.807, 2.05) is 42.5 Å². The summed E-state index contributed by atoms with van der Waals surface area (Å²) >= 11 is 6.23. The third kappa shape index (κ3) is 3.94. The number of nitrogens with one attached hydrogen (secondary N) is 1. The number of piperazine rings is 1. The van der Waals surface area contributed by atoms with Gasteiger partial charge in [0.25, 0.3) is 0 Å². The Morgan fingerprint density at radius 2 is 1.74 bits per heavy atom. The number of anilines is 3. The molecule has 0 atom stereocenters. The predicted octanol–water partition coefficient (Wildman–Crippen LogP) is 4.39. The van der Waals surface area contributed by atoms with Gasteiger partial charge in [-0.1, -0.05) is 11.6 Å². The molecule has 1 aliphatic rings. The molecule has 1 aliphatic heterocycles. The van der Waals surface area contributed by atoms with E-state index in [-0.39, 0.29) is 0 Å². The molecule has 0 saturated carbocycles. The highest BCUT2D eigenvalue weighted by atomic mass is 35.5. The Bertz CT molecular complexity index is 937. The van der Waals surface area contributed by atoms with Crippen LogP contribution in [0.1, 0.15) is 0 Å². The van der Waals surface area contributed by atoms with Crippen LogP contribution in [0.4, 0.5) is 17.2 Å². The van der Waals surface area contributed by atoms with E-state index in [4.69, 9.17) is 21.3 Å². The molecule has 140 valence electrons. The zero-order valence-electron chi connectivity index (χ0n) is 15.6. The maximum atomic E-state index is 6.23. The molecular formula is C21H23ClN4O. The van der Waals surface area contributed by atoms with Crippen molar-refractivity contribution in [3.05, 3.63) is 53.6 Å². The van der Waals surface area contributed by atoms with Crippen LogP contribution < -0.4 is 15.0 Å². The van der Waals surface area contributed by atoms with E-state index in [1.165, 1.54) is 0 Å². The van der Waals surface area contributed by atoms with Crippen LogP contribution in [0.25, 0.3) is 10.9 Å². The van der Waals surface area contributed by atoms with Crippen LogP contribution in [0.3, 0.4) is 0 Å². The first kappa shape index (κ1) is 17.9. The molecule has 0 amide bonds. The molecule has 0 spiro atoms. The van der Waals surface area contributed by atoms with Crippen molar-refractivity contribution in [3.8, 4) is 5.75 Å². The van der Waals surface area contributed by atoms with Crippen LogP contribution >= 0.6 is 11.6 Å². The van der Waals surface area contributed by atoms with Crippen molar-refractivity contribution in [2.75, 3.05) is 50.6 Å². The quantitative estimate of drug-likeness (QED) is 0.724. The van der Waals surface area contributed by atoms with Gasteiger partial charge in [-0.05, 0) is 49.5 Å². The number of nitrogens with zero attached hydrogens (tertiary/aromatic N) is 3. The lowest BCUT2D eigenvalue weighted by atomic mass is 10.1. The summed E-state index contributed by atoms with van der Waals surface area (Å²) in [5.41, 5.74) is 2.92. The maximum Gasteiger partial charge on any atom is 0.131 e. The van der Waals surface area contributed by atoms with E-state index in [1.54, 1.807) is 7.11 Å². The molecule has 6 heteroatoms. The first-order chi connectivity index (χ1) is 13.1. The summed E-state index contributed by atoms with van der Waals surface area (Å²) < 4.78 is 5.25. The molecule has 1 saturated heterocycles. The lowest BCUT2D eigenvalue weighted by Gasteiger charge is -2.33. The molecule has 2 aromatic carbocycles. The number of ether oxygens (including phenoxy) is 1. The van der Waals surface area contributed by atoms with Crippen LogP contribution in [-0.4, -0.2) is 50.2 Å². The molecule has 3 aromatic rings. The summed E-state index contributed by atoms with van der Waals surface area (Å²) in [6.45, 7) is 4.02. The molecule has 1 fully saturated rings. The second-order valence-electron chi connectivity index (χ2n) is 6.83. The Labute approximate surface area is 164 Å². The van der Waals surface area contributed by atoms with Gasteiger partial charge in [-0.25, -0.2) is 4.98 Å². The normalized spacial score (nSPS) is 15.1. The largest absolute Gasteiger partial charge is 0.497 e. The number of hydrogen-bond acceptors (Lipinski definition) is 5. The van der Waals surface area contributed by atoms with Gasteiger partial charge in [-0.15, -0.1) is 0 Å². The lowest BCUT2D eigenvalue weighted by molar-refractivity contribution is 0.312. The summed E-state index contributed by atoms with van der Waals surface area (Å²) in [6.07, 6.45) is 0. The van der Waals surface area contributed by atoms with Crippen LogP contribution in [0.15, 0.2) is 48.5 Å². The van der Waals surface area contributed by atoms with Gasteiger partial charge in [0.15, 0.2) is 0 Å². The third-order valence-corrected chi connectivity index (χ3v) is 5.19. The van der Waals surface area contributed by atoms with Crippen molar-refractivity contribution in [1.82, 2.24) is 9.88 Å². The summed E-state index contributed by atoms with van der Waals surface area (Å²) in [6, 6.07) is 15.9. The van der Waals surface area contributed by atoms with Gasteiger partial charge in [0.05, 0.1) is 18.3 Å². The summed E-state index contributed by atoms with van der Waals surface area (Å²) in [7, 11) is 3.83. The molecular weight excluding hydrogens is 360 g/mol. The van der Waals surface area contributed by atoms with Gasteiger partial charge >= 0.3 is 0 Å². The zero-order chi connectivity index (χ0) is 18.8. The van der Waals surface area contributed by atoms with Crippen LogP contribution in [0, 0.1) is 0 Å². The van der Waals surface area contributed by atoms with Crippen molar-refractivity contribution in [2.45, 2.75) is 0 Å². The summed E-state index contributed by atoms with van der Waals surface area (Å²) in [5, 5.41) is 5.27. The first-order valence-corrected chi connectivity index (χ1v) is 9.45. The highest BCUT2D eigenvalue weighted by Gasteiger charge is 2.17. The van der Waals surface area contributed by atoms with Crippen molar-refractivity contribution >= 4 is 39.7 Å². The Balaban J connectivity index is 1.72. The zero-order valence-corrected chi connectivity index (χ0v) is 16.3. The third-order valence-electron chi connectivity index (χ3n) is 4.95. The molecule has 1 N–H and O–H groups in total. The van der Waals surface area contributed by atoms with E-state index in [0.29, 0.717) is 5.02 Å². The Morgan fingerprint density at radius 3 is 2.44 bits per heavy atom. The number of pyridine rings is 1. The fourth-order valence-corrected chi connectivity index (χ4v) is 3.48. The smallest absolute Gasteiger partial charge is 0.131 e. The molecule has 5 nitrogen and oxygen atoms in total. The average Bonchev–Trinajstić information content (AvgIpc) is 2.68. The Morgan fingerprint density at radius 1 is 1.00 bits per heavy atom. The van der Waals surface area contributed by atoms with Gasteiger partial charge in [0.1, 0.15) is 11.6 Å². The molecule has 27 heavy (non-hydrogen) atoms. The fourth-order valence-electron chi connectivity index (χ4n) is 3.32. The highest BCUT2D eigenvalue weighted by molar-refractivity contribution is 6.31. The highest BCUT2D eigenvalue weighted by Crippen LogP contribution is 2.32. The molecule has 0 unspecified atom stereocenters. The maximum absolute atomic E-state index is 6.23. The van der Waals surface area contributed by atoms with Gasteiger partial charge in [0.2, 0.25) is 0 Å². The standard InChI is InChI=1S/C21H23ClN4O/c1-25-9-11-26(12-10-25)21-14-20(18-8-3-15(22)13-19(18)24-21)23-16-4-6-17(27-2)7-5-16/h3-8,13-14H,9-12H2,1-2H3,(H,23,24). The number of rotatable bonds is 4. The number of hydrogen-bond donors (Lipinski definition) is 1. The Kier molecular flexibility index (Phi) is 5.05. The first-order valence-electron chi connectivity index (χ1n) is 9.07. The molecule has 0 bridgehead atoms. The van der Waals surface area contributed by atoms with Gasteiger partial charge in [-0.2, -0.15) is 0 Å². The monoisotopic (exact) mass is 382 g/mol. The summed E-state index contributed by atoms with van der Waals surface area (Å²) in [4.78, 5) is 9.55. The van der Waals surface area contributed by atoms with Crippen molar-refractivity contribution in [1.29, 1.82) is 0 Å². The van der Waals surface area contributed by atoms with Crippen molar-refractivity contribution < 1.29 is 4.74 Å². The van der Waals surface area contributed by atoms with Gasteiger partial charge < -0.3 is 19.9 Å². The second kappa shape index (κ2) is 7.62. The number of fused-ring (bicyclic) bond motifs is 1. The van der Waals surface area contributed by atoms with Crippen molar-refractivity contribution in [3.63, 3.8) is 0 Å². The lowest BCUT2D eigenvalue weighted by Crippen LogP contribution is -2.44. The van der Waals surface area contributed by atoms with Crippen LogP contribution in [0.5, 0.6) is 5.75 Å². The number of aromatic nitrogens is 1. The topological polar surface area (TPSA) is 40.6 Å². The van der Waals surface area contributed by atoms with E-state index < -0.39 is 0 Å². The van der Waals surface area contributed by atoms with E-state index in [0.717, 1.165) is 60.0 Å². The van der Waals surface area contributed by atoms with Gasteiger partial charge in [-0.3, -0.25) is 0 Å². The number of likely N-dealkylation sites (N-methyl/N-ethyl adjacent to an activating group) is 1. The average molecular weight is 383 g/mol. The number of halogens is 1. The van der Waals surface area contributed by atoms with E-state index >= 15 is 0 Å².